The Balaban J connectivity index is 3.32. The minimum atomic E-state index is 0.197. The number of hydrogen-bond donors (Lipinski definition) is 1. The molecule has 0 aromatic heterocycles. The van der Waals surface area contributed by atoms with Crippen LogP contribution in [0.1, 0.15) is 143 Å². The van der Waals surface area contributed by atoms with E-state index in [0.717, 1.165) is 58.3 Å². The molecule has 0 bridgehead atoms. The molecular weight excluding hydrogens is 370 g/mol. The maximum Gasteiger partial charge on any atom is 0.223 e. The van der Waals surface area contributed by atoms with Crippen LogP contribution in [0.5, 0.6) is 0 Å². The Kier molecular flexibility index (Phi) is 24.2. The fraction of sp³-hybridized carbons (Fsp3) is 0.963. The topological polar surface area (TPSA) is 38.3 Å². The Bertz CT molecular complexity index is 346. The maximum atomic E-state index is 12.2. The van der Waals surface area contributed by atoms with Crippen molar-refractivity contribution in [3.63, 3.8) is 0 Å². The Labute approximate surface area is 189 Å². The predicted molar refractivity (Wildman–Crippen MR) is 132 cm³/mol. The SMILES string of the molecule is CCCCCCCCCCCCCCCOCCCCC(CCC)C(=O)NCCC. The van der Waals surface area contributed by atoms with Gasteiger partial charge in [-0.15, -0.1) is 0 Å². The van der Waals surface area contributed by atoms with E-state index in [2.05, 4.69) is 26.1 Å². The van der Waals surface area contributed by atoms with E-state index < -0.39 is 0 Å². The van der Waals surface area contributed by atoms with Crippen molar-refractivity contribution in [2.75, 3.05) is 19.8 Å². The van der Waals surface area contributed by atoms with Gasteiger partial charge in [-0.25, -0.2) is 0 Å². The molecule has 0 saturated carbocycles. The molecule has 0 fully saturated rings. The van der Waals surface area contributed by atoms with E-state index in [4.69, 9.17) is 4.74 Å². The number of ether oxygens (including phenoxy) is 1. The summed E-state index contributed by atoms with van der Waals surface area (Å²) in [5.74, 6) is 0.453. The molecule has 0 aromatic rings. The van der Waals surface area contributed by atoms with Crippen LogP contribution in [0.4, 0.5) is 0 Å². The van der Waals surface area contributed by atoms with Gasteiger partial charge in [-0.1, -0.05) is 111 Å². The molecule has 0 rings (SSSR count). The highest BCUT2D eigenvalue weighted by Gasteiger charge is 2.16. The van der Waals surface area contributed by atoms with E-state index in [1.807, 2.05) is 0 Å². The smallest absolute Gasteiger partial charge is 0.223 e. The third-order valence-corrected chi connectivity index (χ3v) is 6.04. The zero-order chi connectivity index (χ0) is 22.1. The Morgan fingerprint density at radius 3 is 1.60 bits per heavy atom. The van der Waals surface area contributed by atoms with Gasteiger partial charge in [-0.3, -0.25) is 4.79 Å². The number of rotatable bonds is 24. The van der Waals surface area contributed by atoms with E-state index >= 15 is 0 Å². The van der Waals surface area contributed by atoms with Gasteiger partial charge >= 0.3 is 0 Å². The van der Waals surface area contributed by atoms with Crippen LogP contribution in [0.2, 0.25) is 0 Å². The predicted octanol–water partition coefficient (Wildman–Crippen LogP) is 8.21. The summed E-state index contributed by atoms with van der Waals surface area (Å²) >= 11 is 0. The molecule has 1 amide bonds. The summed E-state index contributed by atoms with van der Waals surface area (Å²) < 4.78 is 5.80. The molecule has 0 spiro atoms. The number of hydrogen-bond acceptors (Lipinski definition) is 2. The lowest BCUT2D eigenvalue weighted by molar-refractivity contribution is -0.125. The average molecular weight is 426 g/mol. The fourth-order valence-corrected chi connectivity index (χ4v) is 4.07. The van der Waals surface area contributed by atoms with Gasteiger partial charge in [0.1, 0.15) is 0 Å². The molecule has 0 aliphatic heterocycles. The highest BCUT2D eigenvalue weighted by molar-refractivity contribution is 5.78. The lowest BCUT2D eigenvalue weighted by atomic mass is 9.96. The molecule has 30 heavy (non-hydrogen) atoms. The summed E-state index contributed by atoms with van der Waals surface area (Å²) in [6, 6.07) is 0. The number of amides is 1. The molecule has 0 heterocycles. The molecule has 180 valence electrons. The van der Waals surface area contributed by atoms with Crippen molar-refractivity contribution in [2.45, 2.75) is 143 Å². The third kappa shape index (κ3) is 20.7. The Morgan fingerprint density at radius 2 is 1.10 bits per heavy atom. The van der Waals surface area contributed by atoms with Gasteiger partial charge in [-0.05, 0) is 32.1 Å². The van der Waals surface area contributed by atoms with Crippen molar-refractivity contribution < 1.29 is 9.53 Å². The number of unbranched alkanes of at least 4 members (excludes halogenated alkanes) is 13. The molecule has 1 N–H and O–H groups in total. The fourth-order valence-electron chi connectivity index (χ4n) is 4.07. The van der Waals surface area contributed by atoms with Crippen LogP contribution in [-0.2, 0) is 9.53 Å². The Hall–Kier alpha value is -0.570. The van der Waals surface area contributed by atoms with Gasteiger partial charge in [0.15, 0.2) is 0 Å². The molecule has 3 nitrogen and oxygen atoms in total. The first-order valence-corrected chi connectivity index (χ1v) is 13.6. The molecule has 1 unspecified atom stereocenters. The van der Waals surface area contributed by atoms with Crippen molar-refractivity contribution in [1.29, 1.82) is 0 Å². The quantitative estimate of drug-likeness (QED) is 0.158. The third-order valence-electron chi connectivity index (χ3n) is 6.04. The zero-order valence-electron chi connectivity index (χ0n) is 21.0. The summed E-state index contributed by atoms with van der Waals surface area (Å²) in [5.41, 5.74) is 0. The minimum Gasteiger partial charge on any atom is -0.381 e. The van der Waals surface area contributed by atoms with Crippen molar-refractivity contribution in [2.24, 2.45) is 5.92 Å². The van der Waals surface area contributed by atoms with Gasteiger partial charge in [0.25, 0.3) is 0 Å². The molecular formula is C27H55NO2. The number of nitrogens with one attached hydrogen (secondary N) is 1. The van der Waals surface area contributed by atoms with Gasteiger partial charge in [-0.2, -0.15) is 0 Å². The van der Waals surface area contributed by atoms with Gasteiger partial charge in [0.2, 0.25) is 5.91 Å². The molecule has 3 heteroatoms. The van der Waals surface area contributed by atoms with E-state index in [1.165, 1.54) is 83.5 Å². The molecule has 1 atom stereocenters. The summed E-state index contributed by atoms with van der Waals surface area (Å²) in [4.78, 5) is 12.2. The molecule has 0 aliphatic rings. The molecule has 0 radical (unpaired) electrons. The molecule has 0 aromatic carbocycles. The van der Waals surface area contributed by atoms with Crippen LogP contribution in [0.15, 0.2) is 0 Å². The van der Waals surface area contributed by atoms with Gasteiger partial charge in [0.05, 0.1) is 0 Å². The highest BCUT2D eigenvalue weighted by Crippen LogP contribution is 2.16. The second kappa shape index (κ2) is 24.7. The lowest BCUT2D eigenvalue weighted by Gasteiger charge is -2.15. The maximum absolute atomic E-state index is 12.2. The van der Waals surface area contributed by atoms with Crippen LogP contribution in [0.25, 0.3) is 0 Å². The first-order chi connectivity index (χ1) is 14.8. The van der Waals surface area contributed by atoms with Crippen LogP contribution in [0.3, 0.4) is 0 Å². The van der Waals surface area contributed by atoms with E-state index in [9.17, 15) is 4.79 Å². The van der Waals surface area contributed by atoms with E-state index in [1.54, 1.807) is 0 Å². The van der Waals surface area contributed by atoms with E-state index in [0.29, 0.717) is 0 Å². The molecule has 0 aliphatic carbocycles. The largest absolute Gasteiger partial charge is 0.381 e. The number of carbonyl (C=O) groups excluding carboxylic acids is 1. The summed E-state index contributed by atoms with van der Waals surface area (Å²) in [7, 11) is 0. The first kappa shape index (κ1) is 29.4. The van der Waals surface area contributed by atoms with Crippen LogP contribution < -0.4 is 5.32 Å². The first-order valence-electron chi connectivity index (χ1n) is 13.6. The Morgan fingerprint density at radius 1 is 0.600 bits per heavy atom. The van der Waals surface area contributed by atoms with Crippen LogP contribution in [0, 0.1) is 5.92 Å². The second-order valence-electron chi connectivity index (χ2n) is 9.13. The monoisotopic (exact) mass is 425 g/mol. The van der Waals surface area contributed by atoms with Crippen LogP contribution >= 0.6 is 0 Å². The highest BCUT2D eigenvalue weighted by atomic mass is 16.5. The van der Waals surface area contributed by atoms with E-state index in [-0.39, 0.29) is 11.8 Å². The lowest BCUT2D eigenvalue weighted by Crippen LogP contribution is -2.31. The second-order valence-corrected chi connectivity index (χ2v) is 9.13. The minimum absolute atomic E-state index is 0.197. The summed E-state index contributed by atoms with van der Waals surface area (Å²) in [6.07, 6.45) is 24.4. The van der Waals surface area contributed by atoms with Crippen molar-refractivity contribution >= 4 is 5.91 Å². The van der Waals surface area contributed by atoms with Crippen molar-refractivity contribution in [3.05, 3.63) is 0 Å². The van der Waals surface area contributed by atoms with Gasteiger partial charge in [0, 0.05) is 25.7 Å². The summed E-state index contributed by atoms with van der Waals surface area (Å²) in [6.45, 7) is 9.12. The van der Waals surface area contributed by atoms with Gasteiger partial charge < -0.3 is 10.1 Å². The van der Waals surface area contributed by atoms with Crippen molar-refractivity contribution in [3.8, 4) is 0 Å². The zero-order valence-corrected chi connectivity index (χ0v) is 21.0. The number of carbonyl (C=O) groups is 1. The molecule has 0 saturated heterocycles. The summed E-state index contributed by atoms with van der Waals surface area (Å²) in [5, 5.41) is 3.06. The normalized spacial score (nSPS) is 12.2. The van der Waals surface area contributed by atoms with Crippen LogP contribution in [-0.4, -0.2) is 25.7 Å². The standard InChI is InChI=1S/C27H55NO2/c1-4-7-8-9-10-11-12-13-14-15-16-17-19-24-30-25-20-18-22-26(21-5-2)27(29)28-23-6-3/h26H,4-25H2,1-3H3,(H,28,29). The van der Waals surface area contributed by atoms with Crippen molar-refractivity contribution in [1.82, 2.24) is 5.32 Å². The average Bonchev–Trinajstić information content (AvgIpc) is 2.75.